The van der Waals surface area contributed by atoms with Crippen molar-refractivity contribution in [1.82, 2.24) is 10.2 Å². The van der Waals surface area contributed by atoms with E-state index in [0.29, 0.717) is 30.8 Å². The molecule has 12 heteroatoms. The summed E-state index contributed by atoms with van der Waals surface area (Å²) in [6, 6.07) is 9.35. The number of anilines is 1. The van der Waals surface area contributed by atoms with E-state index in [2.05, 4.69) is 16.7 Å². The van der Waals surface area contributed by atoms with Gasteiger partial charge in [0.1, 0.15) is 11.6 Å². The van der Waals surface area contributed by atoms with Gasteiger partial charge in [-0.1, -0.05) is 11.6 Å². The summed E-state index contributed by atoms with van der Waals surface area (Å²) in [7, 11) is 0. The molecule has 0 saturated carbocycles. The highest BCUT2D eigenvalue weighted by Gasteiger charge is 2.37. The number of amides is 2. The van der Waals surface area contributed by atoms with E-state index in [4.69, 9.17) is 16.9 Å². The highest BCUT2D eigenvalue weighted by Crippen LogP contribution is 2.42. The molecule has 2 aliphatic rings. The maximum absolute atomic E-state index is 14.1. The van der Waals surface area contributed by atoms with Crippen LogP contribution in [0.25, 0.3) is 0 Å². The molecule has 1 saturated heterocycles. The highest BCUT2D eigenvalue weighted by molar-refractivity contribution is 6.31. The van der Waals surface area contributed by atoms with Crippen LogP contribution in [0, 0.1) is 23.0 Å². The molecule has 2 heterocycles. The first-order valence-electron chi connectivity index (χ1n) is 11.7. The van der Waals surface area contributed by atoms with E-state index in [-0.39, 0.29) is 45.9 Å². The molecule has 0 aliphatic carbocycles. The van der Waals surface area contributed by atoms with Crippen LogP contribution in [0.3, 0.4) is 0 Å². The molecule has 3 aromatic rings. The zero-order valence-corrected chi connectivity index (χ0v) is 20.6. The molecular formula is C27H18ClF5N4O2. The molecule has 1 fully saturated rings. The van der Waals surface area contributed by atoms with Gasteiger partial charge in [0.25, 0.3) is 11.8 Å². The number of fused-ring (bicyclic) bond motifs is 1. The van der Waals surface area contributed by atoms with E-state index < -0.39 is 46.8 Å². The van der Waals surface area contributed by atoms with Crippen molar-refractivity contribution >= 4 is 29.1 Å². The number of hydrogen-bond acceptors (Lipinski definition) is 4. The van der Waals surface area contributed by atoms with Crippen LogP contribution in [-0.2, 0) is 6.18 Å². The van der Waals surface area contributed by atoms with Gasteiger partial charge in [-0.25, -0.2) is 8.78 Å². The quantitative estimate of drug-likeness (QED) is 0.312. The lowest BCUT2D eigenvalue weighted by molar-refractivity contribution is -0.137. The monoisotopic (exact) mass is 560 g/mol. The Bertz CT molecular complexity index is 1550. The van der Waals surface area contributed by atoms with E-state index in [1.165, 1.54) is 6.07 Å². The Hall–Kier alpha value is -4.01. The van der Waals surface area contributed by atoms with Crippen molar-refractivity contribution in [3.63, 3.8) is 0 Å². The predicted octanol–water partition coefficient (Wildman–Crippen LogP) is 5.64. The third-order valence-corrected chi connectivity index (χ3v) is 7.08. The molecule has 0 aromatic heterocycles. The van der Waals surface area contributed by atoms with Gasteiger partial charge in [0, 0.05) is 52.0 Å². The smallest absolute Gasteiger partial charge is 0.341 e. The third-order valence-electron chi connectivity index (χ3n) is 6.74. The van der Waals surface area contributed by atoms with E-state index in [1.807, 2.05) is 4.90 Å². The number of nitrogens with zero attached hydrogens (tertiary/aromatic N) is 2. The molecule has 3 aromatic carbocycles. The maximum Gasteiger partial charge on any atom is 0.416 e. The lowest BCUT2D eigenvalue weighted by Crippen LogP contribution is -2.44. The molecule has 1 atom stereocenters. The molecule has 6 nitrogen and oxygen atoms in total. The van der Waals surface area contributed by atoms with Crippen LogP contribution in [0.5, 0.6) is 0 Å². The summed E-state index contributed by atoms with van der Waals surface area (Å²) in [5.41, 5.74) is -0.571. The van der Waals surface area contributed by atoms with Gasteiger partial charge >= 0.3 is 6.18 Å². The minimum absolute atomic E-state index is 0.0766. The van der Waals surface area contributed by atoms with Crippen LogP contribution >= 0.6 is 11.6 Å². The second-order valence-corrected chi connectivity index (χ2v) is 9.74. The largest absolute Gasteiger partial charge is 0.416 e. The Labute approximate surface area is 224 Å². The Morgan fingerprint density at radius 2 is 1.85 bits per heavy atom. The molecular weight excluding hydrogens is 543 g/mol. The average Bonchev–Trinajstić information content (AvgIpc) is 3.18. The third kappa shape index (κ3) is 5.17. The maximum atomic E-state index is 14.1. The number of carbonyl (C=O) groups excluding carboxylic acids is 2. The van der Waals surface area contributed by atoms with Gasteiger partial charge in [-0.2, -0.15) is 18.4 Å². The number of hydrogen-bond donors (Lipinski definition) is 2. The zero-order chi connectivity index (χ0) is 28.1. The number of likely N-dealkylation sites (tertiary alicyclic amines) is 1. The summed E-state index contributed by atoms with van der Waals surface area (Å²) >= 11 is 6.30. The van der Waals surface area contributed by atoms with Crippen molar-refractivity contribution in [3.8, 4) is 6.07 Å². The van der Waals surface area contributed by atoms with Gasteiger partial charge in [0.2, 0.25) is 0 Å². The van der Waals surface area contributed by atoms with Crippen molar-refractivity contribution in [2.75, 3.05) is 25.0 Å². The molecule has 200 valence electrons. The summed E-state index contributed by atoms with van der Waals surface area (Å²) in [6.07, 6.45) is -4.88. The number of nitrogens with one attached hydrogen (secondary N) is 2. The van der Waals surface area contributed by atoms with Crippen molar-refractivity contribution in [1.29, 1.82) is 5.26 Å². The van der Waals surface area contributed by atoms with Gasteiger partial charge in [-0.3, -0.25) is 14.5 Å². The molecule has 39 heavy (non-hydrogen) atoms. The van der Waals surface area contributed by atoms with Crippen LogP contribution < -0.4 is 10.6 Å². The van der Waals surface area contributed by atoms with Gasteiger partial charge in [-0.05, 0) is 54.1 Å². The van der Waals surface area contributed by atoms with E-state index in [1.54, 1.807) is 12.1 Å². The summed E-state index contributed by atoms with van der Waals surface area (Å²) in [4.78, 5) is 28.0. The van der Waals surface area contributed by atoms with Crippen molar-refractivity contribution in [2.45, 2.75) is 18.1 Å². The van der Waals surface area contributed by atoms with Crippen LogP contribution in [0.2, 0.25) is 5.02 Å². The average molecular weight is 561 g/mol. The summed E-state index contributed by atoms with van der Waals surface area (Å²) in [5, 5.41) is 14.3. The predicted molar refractivity (Wildman–Crippen MR) is 131 cm³/mol. The Morgan fingerprint density at radius 3 is 2.54 bits per heavy atom. The second kappa shape index (κ2) is 9.94. The molecule has 0 radical (unpaired) electrons. The zero-order valence-electron chi connectivity index (χ0n) is 19.9. The van der Waals surface area contributed by atoms with Gasteiger partial charge in [0.15, 0.2) is 0 Å². The number of rotatable bonds is 5. The number of benzene rings is 3. The van der Waals surface area contributed by atoms with Crippen LogP contribution in [0.4, 0.5) is 27.6 Å². The number of halogens is 6. The van der Waals surface area contributed by atoms with Crippen molar-refractivity contribution < 1.29 is 31.5 Å². The lowest BCUT2D eigenvalue weighted by Gasteiger charge is -2.38. The van der Waals surface area contributed by atoms with Crippen LogP contribution in [-0.4, -0.2) is 36.3 Å². The summed E-state index contributed by atoms with van der Waals surface area (Å²) in [6.45, 7) is 1.24. The number of alkyl halides is 3. The first kappa shape index (κ1) is 26.6. The van der Waals surface area contributed by atoms with Crippen molar-refractivity contribution in [2.24, 2.45) is 0 Å². The Kier molecular flexibility index (Phi) is 6.78. The molecule has 2 N–H and O–H groups in total. The van der Waals surface area contributed by atoms with E-state index >= 15 is 0 Å². The second-order valence-electron chi connectivity index (χ2n) is 9.33. The summed E-state index contributed by atoms with van der Waals surface area (Å²) in [5.74, 6) is -3.52. The minimum atomic E-state index is -4.88. The topological polar surface area (TPSA) is 85.2 Å². The first-order valence-corrected chi connectivity index (χ1v) is 12.0. The van der Waals surface area contributed by atoms with Gasteiger partial charge in [-0.15, -0.1) is 0 Å². The Balaban J connectivity index is 1.59. The van der Waals surface area contributed by atoms with Gasteiger partial charge < -0.3 is 10.6 Å². The van der Waals surface area contributed by atoms with E-state index in [9.17, 15) is 31.5 Å². The summed E-state index contributed by atoms with van der Waals surface area (Å²) < 4.78 is 67.8. The van der Waals surface area contributed by atoms with Crippen LogP contribution in [0.15, 0.2) is 48.5 Å². The normalized spacial score (nSPS) is 17.3. The lowest BCUT2D eigenvalue weighted by atomic mass is 9.87. The number of nitriles is 1. The van der Waals surface area contributed by atoms with E-state index in [0.717, 1.165) is 12.1 Å². The van der Waals surface area contributed by atoms with Gasteiger partial charge in [0.05, 0.1) is 24.2 Å². The molecule has 1 unspecified atom stereocenters. The fraction of sp³-hybridized carbons (Fsp3) is 0.222. The fourth-order valence-corrected chi connectivity index (χ4v) is 5.08. The highest BCUT2D eigenvalue weighted by atomic mass is 35.5. The fourth-order valence-electron chi connectivity index (χ4n) is 4.85. The minimum Gasteiger partial charge on any atom is -0.341 e. The molecule has 5 rings (SSSR count). The molecule has 2 aliphatic heterocycles. The van der Waals surface area contributed by atoms with Crippen molar-refractivity contribution in [3.05, 3.63) is 98.6 Å². The first-order chi connectivity index (χ1) is 18.4. The number of carbonyl (C=O) groups is 2. The standard InChI is InChI=1S/C27H18ClF5N4O2/c28-21-2-1-17(29)10-19(21)24-23-20(26(39)36-24)7-13(15-11-37(12-15)4-3-34)8-22(23)35-25(38)14-5-16(27(31,32)33)9-18(30)6-14/h1-2,5-10,15,24H,4,11-12H2,(H,35,38)(H,36,39). The molecule has 0 spiro atoms. The van der Waals surface area contributed by atoms with Crippen LogP contribution in [0.1, 0.15) is 54.9 Å². The molecule has 0 bridgehead atoms. The SMILES string of the molecule is N#CCN1CC(c2cc(NC(=O)c3cc(F)cc(C(F)(F)F)c3)c3c(c2)C(=O)NC3c2cc(F)ccc2Cl)C1. The Morgan fingerprint density at radius 1 is 1.10 bits per heavy atom. The molecule has 2 amide bonds.